The molecule has 19 heavy (non-hydrogen) atoms. The second-order valence-corrected chi connectivity index (χ2v) is 4.96. The minimum absolute atomic E-state index is 0.294. The van der Waals surface area contributed by atoms with Gasteiger partial charge in [0, 0.05) is 30.7 Å². The van der Waals surface area contributed by atoms with Crippen molar-refractivity contribution in [2.24, 2.45) is 7.05 Å². The Balaban J connectivity index is 2.23. The summed E-state index contributed by atoms with van der Waals surface area (Å²) in [6, 6.07) is 4.55. The van der Waals surface area contributed by atoms with E-state index in [1.165, 1.54) is 11.1 Å². The van der Waals surface area contributed by atoms with E-state index in [1.54, 1.807) is 0 Å². The summed E-state index contributed by atoms with van der Waals surface area (Å²) in [5, 5.41) is 7.77. The van der Waals surface area contributed by atoms with Crippen LogP contribution in [0.2, 0.25) is 0 Å². The lowest BCUT2D eigenvalue weighted by atomic mass is 9.99. The Labute approximate surface area is 114 Å². The molecule has 1 atom stereocenters. The van der Waals surface area contributed by atoms with Crippen molar-refractivity contribution in [3.05, 3.63) is 47.0 Å². The number of likely N-dealkylation sites (N-methyl/N-ethyl adjacent to an activating group) is 1. The molecule has 2 aromatic heterocycles. The average molecular weight is 258 g/mol. The van der Waals surface area contributed by atoms with Crippen molar-refractivity contribution in [1.29, 1.82) is 0 Å². The van der Waals surface area contributed by atoms with Gasteiger partial charge in [0.25, 0.3) is 0 Å². The molecule has 0 aliphatic rings. The van der Waals surface area contributed by atoms with Crippen LogP contribution in [-0.4, -0.2) is 21.3 Å². The Kier molecular flexibility index (Phi) is 4.32. The number of nitrogens with zero attached hydrogens (tertiary/aromatic N) is 3. The van der Waals surface area contributed by atoms with Crippen molar-refractivity contribution < 1.29 is 0 Å². The summed E-state index contributed by atoms with van der Waals surface area (Å²) in [4.78, 5) is 4.56. The molecule has 0 saturated heterocycles. The molecule has 0 aliphatic carbocycles. The van der Waals surface area contributed by atoms with Crippen molar-refractivity contribution in [2.75, 3.05) is 6.54 Å². The van der Waals surface area contributed by atoms with E-state index in [0.717, 1.165) is 24.4 Å². The third kappa shape index (κ3) is 3.41. The van der Waals surface area contributed by atoms with Crippen molar-refractivity contribution in [3.63, 3.8) is 0 Å². The van der Waals surface area contributed by atoms with Gasteiger partial charge in [0.15, 0.2) is 0 Å². The van der Waals surface area contributed by atoms with Gasteiger partial charge in [0.05, 0.1) is 6.20 Å². The third-order valence-corrected chi connectivity index (χ3v) is 3.29. The van der Waals surface area contributed by atoms with E-state index < -0.39 is 0 Å². The van der Waals surface area contributed by atoms with E-state index in [1.807, 2.05) is 24.9 Å². The Morgan fingerprint density at radius 2 is 2.11 bits per heavy atom. The standard InChI is InChI=1S/C15H22N4/c1-5-16-15(8-13-9-17-19(4)10-13)14-7-6-11(2)18-12(14)3/h6-7,9-10,15-16H,5,8H2,1-4H3. The summed E-state index contributed by atoms with van der Waals surface area (Å²) in [6.07, 6.45) is 4.94. The van der Waals surface area contributed by atoms with E-state index >= 15 is 0 Å². The molecule has 0 spiro atoms. The molecule has 4 nitrogen and oxygen atoms in total. The molecular formula is C15H22N4. The van der Waals surface area contributed by atoms with Crippen LogP contribution in [0.15, 0.2) is 24.5 Å². The quantitative estimate of drug-likeness (QED) is 0.895. The lowest BCUT2D eigenvalue weighted by Crippen LogP contribution is -2.24. The van der Waals surface area contributed by atoms with Crippen molar-refractivity contribution >= 4 is 0 Å². The van der Waals surface area contributed by atoms with Gasteiger partial charge in [-0.3, -0.25) is 9.67 Å². The van der Waals surface area contributed by atoms with Crippen molar-refractivity contribution in [2.45, 2.75) is 33.2 Å². The number of hydrogen-bond acceptors (Lipinski definition) is 3. The van der Waals surface area contributed by atoms with E-state index in [2.05, 4.69) is 47.6 Å². The number of nitrogens with one attached hydrogen (secondary N) is 1. The minimum atomic E-state index is 0.294. The predicted molar refractivity (Wildman–Crippen MR) is 77.0 cm³/mol. The highest BCUT2D eigenvalue weighted by Crippen LogP contribution is 2.21. The summed E-state index contributed by atoms with van der Waals surface area (Å²) >= 11 is 0. The topological polar surface area (TPSA) is 42.7 Å². The molecule has 102 valence electrons. The summed E-state index contributed by atoms with van der Waals surface area (Å²) in [6.45, 7) is 7.18. The highest BCUT2D eigenvalue weighted by atomic mass is 15.2. The predicted octanol–water partition coefficient (Wildman–Crippen LogP) is 2.33. The maximum Gasteiger partial charge on any atom is 0.0522 e. The normalized spacial score (nSPS) is 12.6. The van der Waals surface area contributed by atoms with Crippen LogP contribution in [0.25, 0.3) is 0 Å². The number of aryl methyl sites for hydroxylation is 3. The summed E-state index contributed by atoms with van der Waals surface area (Å²) in [5.74, 6) is 0. The van der Waals surface area contributed by atoms with Crippen LogP contribution in [0.3, 0.4) is 0 Å². The van der Waals surface area contributed by atoms with Crippen LogP contribution < -0.4 is 5.32 Å². The Bertz CT molecular complexity index is 545. The van der Waals surface area contributed by atoms with Gasteiger partial charge in [-0.1, -0.05) is 13.0 Å². The van der Waals surface area contributed by atoms with Gasteiger partial charge < -0.3 is 5.32 Å². The summed E-state index contributed by atoms with van der Waals surface area (Å²) in [5.41, 5.74) is 4.69. The minimum Gasteiger partial charge on any atom is -0.310 e. The fourth-order valence-corrected chi connectivity index (χ4v) is 2.42. The fourth-order valence-electron chi connectivity index (χ4n) is 2.42. The van der Waals surface area contributed by atoms with Gasteiger partial charge in [-0.05, 0) is 44.0 Å². The van der Waals surface area contributed by atoms with E-state index in [-0.39, 0.29) is 0 Å². The summed E-state index contributed by atoms with van der Waals surface area (Å²) in [7, 11) is 1.95. The van der Waals surface area contributed by atoms with Crippen LogP contribution in [0.1, 0.15) is 35.5 Å². The Hall–Kier alpha value is -1.68. The summed E-state index contributed by atoms with van der Waals surface area (Å²) < 4.78 is 1.85. The average Bonchev–Trinajstić information content (AvgIpc) is 2.74. The lowest BCUT2D eigenvalue weighted by Gasteiger charge is -2.19. The highest BCUT2D eigenvalue weighted by Gasteiger charge is 2.15. The van der Waals surface area contributed by atoms with E-state index in [4.69, 9.17) is 0 Å². The highest BCUT2D eigenvalue weighted by molar-refractivity contribution is 5.27. The molecule has 0 bridgehead atoms. The molecule has 0 fully saturated rings. The maximum absolute atomic E-state index is 4.56. The van der Waals surface area contributed by atoms with Gasteiger partial charge >= 0.3 is 0 Å². The van der Waals surface area contributed by atoms with Gasteiger partial charge in [-0.25, -0.2) is 0 Å². The number of pyridine rings is 1. The zero-order chi connectivity index (χ0) is 13.8. The zero-order valence-corrected chi connectivity index (χ0v) is 12.1. The molecule has 0 saturated carbocycles. The van der Waals surface area contributed by atoms with E-state index in [0.29, 0.717) is 6.04 Å². The molecule has 0 amide bonds. The molecule has 2 heterocycles. The Morgan fingerprint density at radius 1 is 1.32 bits per heavy atom. The van der Waals surface area contributed by atoms with Crippen LogP contribution in [0.4, 0.5) is 0 Å². The Morgan fingerprint density at radius 3 is 2.68 bits per heavy atom. The van der Waals surface area contributed by atoms with Crippen LogP contribution in [0, 0.1) is 13.8 Å². The third-order valence-electron chi connectivity index (χ3n) is 3.29. The zero-order valence-electron chi connectivity index (χ0n) is 12.1. The molecular weight excluding hydrogens is 236 g/mol. The first-order valence-electron chi connectivity index (χ1n) is 6.75. The van der Waals surface area contributed by atoms with Gasteiger partial charge in [-0.15, -0.1) is 0 Å². The molecule has 4 heteroatoms. The fraction of sp³-hybridized carbons (Fsp3) is 0.467. The largest absolute Gasteiger partial charge is 0.310 e. The second-order valence-electron chi connectivity index (χ2n) is 4.96. The molecule has 0 aliphatic heterocycles. The van der Waals surface area contributed by atoms with Crippen molar-refractivity contribution in [1.82, 2.24) is 20.1 Å². The first-order valence-corrected chi connectivity index (χ1v) is 6.75. The molecule has 2 aromatic rings. The SMILES string of the molecule is CCNC(Cc1cnn(C)c1)c1ccc(C)nc1C. The van der Waals surface area contributed by atoms with E-state index in [9.17, 15) is 0 Å². The van der Waals surface area contributed by atoms with Gasteiger partial charge in [0.2, 0.25) is 0 Å². The second kappa shape index (κ2) is 5.97. The number of aromatic nitrogens is 3. The lowest BCUT2D eigenvalue weighted by molar-refractivity contribution is 0.544. The number of hydrogen-bond donors (Lipinski definition) is 1. The molecule has 2 rings (SSSR count). The smallest absolute Gasteiger partial charge is 0.0522 e. The maximum atomic E-state index is 4.56. The molecule has 0 aromatic carbocycles. The van der Waals surface area contributed by atoms with Crippen molar-refractivity contribution in [3.8, 4) is 0 Å². The van der Waals surface area contributed by atoms with Gasteiger partial charge in [-0.2, -0.15) is 5.10 Å². The molecule has 1 N–H and O–H groups in total. The molecule has 1 unspecified atom stereocenters. The first kappa shape index (κ1) is 13.7. The van der Waals surface area contributed by atoms with Crippen LogP contribution >= 0.6 is 0 Å². The number of rotatable bonds is 5. The van der Waals surface area contributed by atoms with Gasteiger partial charge in [0.1, 0.15) is 0 Å². The first-order chi connectivity index (χ1) is 9.10. The monoisotopic (exact) mass is 258 g/mol. The van der Waals surface area contributed by atoms with Crippen LogP contribution in [0.5, 0.6) is 0 Å². The molecule has 0 radical (unpaired) electrons. The van der Waals surface area contributed by atoms with Crippen LogP contribution in [-0.2, 0) is 13.5 Å².